The van der Waals surface area contributed by atoms with E-state index in [9.17, 15) is 13.2 Å². The Hall–Kier alpha value is -3.00. The lowest BCUT2D eigenvalue weighted by atomic mass is 9.97. The van der Waals surface area contributed by atoms with E-state index in [1.54, 1.807) is 34.4 Å². The number of carbonyl (C=O) groups excluding carboxylic acids is 1. The molecule has 0 N–H and O–H groups in total. The maximum Gasteiger partial charge on any atom is 0.255 e. The fourth-order valence-corrected chi connectivity index (χ4v) is 6.95. The highest BCUT2D eigenvalue weighted by molar-refractivity contribution is 7.90. The maximum atomic E-state index is 13.2. The minimum Gasteiger partial charge on any atom is -0.339 e. The fraction of sp³-hybridized carbons (Fsp3) is 0.241. The zero-order valence-electron chi connectivity index (χ0n) is 20.6. The number of piperidine rings is 1. The summed E-state index contributed by atoms with van der Waals surface area (Å²) in [7, 11) is -3.50. The van der Waals surface area contributed by atoms with E-state index in [0.717, 1.165) is 45.8 Å². The van der Waals surface area contributed by atoms with Crippen LogP contribution in [0.5, 0.6) is 0 Å². The van der Waals surface area contributed by atoms with Gasteiger partial charge in [0.05, 0.1) is 26.0 Å². The lowest BCUT2D eigenvalue weighted by molar-refractivity contribution is 0.0709. The van der Waals surface area contributed by atoms with Gasteiger partial charge in [-0.15, -0.1) is 11.3 Å². The zero-order valence-corrected chi connectivity index (χ0v) is 23.0. The van der Waals surface area contributed by atoms with Gasteiger partial charge in [-0.1, -0.05) is 65.7 Å². The van der Waals surface area contributed by atoms with Gasteiger partial charge in [0.25, 0.3) is 5.91 Å². The second-order valence-electron chi connectivity index (χ2n) is 9.44. The number of rotatable bonds is 5. The van der Waals surface area contributed by atoms with Gasteiger partial charge >= 0.3 is 0 Å². The molecule has 37 heavy (non-hydrogen) atoms. The number of nitrogens with zero attached hydrogens (tertiary/aromatic N) is 2. The van der Waals surface area contributed by atoms with Crippen LogP contribution >= 0.6 is 22.9 Å². The number of aryl methyl sites for hydroxylation is 1. The molecular formula is C29H27ClN2O3S2. The van der Waals surface area contributed by atoms with Crippen molar-refractivity contribution < 1.29 is 13.2 Å². The number of hydrogen-bond acceptors (Lipinski definition) is 5. The fourth-order valence-electron chi connectivity index (χ4n) is 4.68. The first-order chi connectivity index (χ1) is 17.7. The first-order valence-corrected chi connectivity index (χ1v) is 15.2. The molecule has 0 unspecified atom stereocenters. The van der Waals surface area contributed by atoms with Crippen LogP contribution in [0.15, 0.2) is 77.7 Å². The molecule has 3 aromatic carbocycles. The summed E-state index contributed by atoms with van der Waals surface area (Å²) in [4.78, 5) is 21.3. The number of sulfone groups is 1. The van der Waals surface area contributed by atoms with Crippen molar-refractivity contribution in [2.45, 2.75) is 30.6 Å². The summed E-state index contributed by atoms with van der Waals surface area (Å²) in [5.74, 6) is -0.00902. The number of likely N-dealkylation sites (tertiary alicyclic amines) is 1. The average Bonchev–Trinajstić information content (AvgIpc) is 3.34. The topological polar surface area (TPSA) is 67.3 Å². The molecule has 4 aromatic rings. The van der Waals surface area contributed by atoms with Gasteiger partial charge in [0.15, 0.2) is 9.84 Å². The van der Waals surface area contributed by atoms with Crippen LogP contribution in [0.1, 0.15) is 39.7 Å². The number of hydrogen-bond donors (Lipinski definition) is 0. The SMILES string of the molecule is Cc1ccc(-c2sc(C3CCN(C(=O)c4ccccc4S(C)(=O)=O)CC3)nc2-c2ccc(Cl)cc2)cc1. The molecule has 5 nitrogen and oxygen atoms in total. The average molecular weight is 551 g/mol. The van der Waals surface area contributed by atoms with Crippen molar-refractivity contribution in [1.82, 2.24) is 9.88 Å². The van der Waals surface area contributed by atoms with E-state index in [1.165, 1.54) is 11.6 Å². The molecule has 2 heterocycles. The van der Waals surface area contributed by atoms with Crippen LogP contribution in [0.3, 0.4) is 0 Å². The standard InChI is InChI=1S/C29H27ClN2O3S2/c1-19-7-9-21(10-8-19)27-26(20-11-13-23(30)14-12-20)31-28(36-27)22-15-17-32(18-16-22)29(33)24-5-3-4-6-25(24)37(2,34)35/h3-14,22H,15-18H2,1-2H3. The normalized spacial score (nSPS) is 14.6. The largest absolute Gasteiger partial charge is 0.339 e. The van der Waals surface area contributed by atoms with Crippen molar-refractivity contribution in [3.8, 4) is 21.7 Å². The second kappa shape index (κ2) is 10.4. The molecule has 0 saturated carbocycles. The van der Waals surface area contributed by atoms with Crippen LogP contribution in [-0.2, 0) is 9.84 Å². The number of aromatic nitrogens is 1. The van der Waals surface area contributed by atoms with Crippen LogP contribution in [0.4, 0.5) is 0 Å². The smallest absolute Gasteiger partial charge is 0.255 e. The Bertz CT molecular complexity index is 1470. The monoisotopic (exact) mass is 550 g/mol. The summed E-state index contributed by atoms with van der Waals surface area (Å²) in [5, 5.41) is 1.75. The Morgan fingerprint density at radius 3 is 2.22 bits per heavy atom. The molecule has 1 fully saturated rings. The Balaban J connectivity index is 1.40. The summed E-state index contributed by atoms with van der Waals surface area (Å²) >= 11 is 7.84. The lowest BCUT2D eigenvalue weighted by Gasteiger charge is -2.31. The molecule has 0 bridgehead atoms. The first-order valence-electron chi connectivity index (χ1n) is 12.1. The quantitative estimate of drug-likeness (QED) is 0.272. The molecule has 0 atom stereocenters. The number of amides is 1. The molecule has 1 aromatic heterocycles. The Morgan fingerprint density at radius 2 is 1.57 bits per heavy atom. The highest BCUT2D eigenvalue weighted by atomic mass is 35.5. The lowest BCUT2D eigenvalue weighted by Crippen LogP contribution is -2.38. The third kappa shape index (κ3) is 5.49. The molecular weight excluding hydrogens is 524 g/mol. The second-order valence-corrected chi connectivity index (χ2v) is 12.9. The van der Waals surface area contributed by atoms with Gasteiger partial charge < -0.3 is 4.90 Å². The minimum absolute atomic E-state index is 0.0809. The van der Waals surface area contributed by atoms with Crippen molar-refractivity contribution in [2.24, 2.45) is 0 Å². The van der Waals surface area contributed by atoms with Crippen molar-refractivity contribution in [1.29, 1.82) is 0 Å². The summed E-state index contributed by atoms with van der Waals surface area (Å²) in [6.45, 7) is 3.18. The van der Waals surface area contributed by atoms with Crippen molar-refractivity contribution in [3.63, 3.8) is 0 Å². The maximum absolute atomic E-state index is 13.2. The van der Waals surface area contributed by atoms with E-state index in [-0.39, 0.29) is 22.3 Å². The van der Waals surface area contributed by atoms with Gasteiger partial charge in [0, 0.05) is 35.8 Å². The number of carbonyl (C=O) groups is 1. The summed E-state index contributed by atoms with van der Waals surface area (Å²) in [6.07, 6.45) is 2.68. The summed E-state index contributed by atoms with van der Waals surface area (Å²) < 4.78 is 24.4. The van der Waals surface area contributed by atoms with E-state index in [4.69, 9.17) is 16.6 Å². The van der Waals surface area contributed by atoms with Gasteiger partial charge in [-0.05, 0) is 49.6 Å². The van der Waals surface area contributed by atoms with Gasteiger partial charge in [0.1, 0.15) is 0 Å². The Kier molecular flexibility index (Phi) is 7.21. The van der Waals surface area contributed by atoms with Crippen LogP contribution in [0.25, 0.3) is 21.7 Å². The van der Waals surface area contributed by atoms with Gasteiger partial charge in [0.2, 0.25) is 0 Å². The molecule has 8 heteroatoms. The van der Waals surface area contributed by atoms with E-state index < -0.39 is 9.84 Å². The number of benzene rings is 3. The Labute approximate surface area is 226 Å². The third-order valence-corrected chi connectivity index (χ3v) is 9.40. The summed E-state index contributed by atoms with van der Waals surface area (Å²) in [5.41, 5.74) is 4.54. The summed E-state index contributed by atoms with van der Waals surface area (Å²) in [6, 6.07) is 22.7. The minimum atomic E-state index is -3.50. The van der Waals surface area contributed by atoms with Crippen LogP contribution in [0, 0.1) is 6.92 Å². The molecule has 0 radical (unpaired) electrons. The van der Waals surface area contributed by atoms with E-state index in [0.29, 0.717) is 18.1 Å². The van der Waals surface area contributed by atoms with Crippen molar-refractivity contribution in [3.05, 3.63) is 94.0 Å². The van der Waals surface area contributed by atoms with Gasteiger partial charge in [-0.2, -0.15) is 0 Å². The molecule has 0 aliphatic carbocycles. The number of halogens is 1. The van der Waals surface area contributed by atoms with Crippen molar-refractivity contribution >= 4 is 38.7 Å². The molecule has 1 aliphatic rings. The zero-order chi connectivity index (χ0) is 26.2. The molecule has 0 spiro atoms. The third-order valence-electron chi connectivity index (χ3n) is 6.72. The molecule has 1 saturated heterocycles. The first kappa shape index (κ1) is 25.6. The highest BCUT2D eigenvalue weighted by Crippen LogP contribution is 2.42. The predicted molar refractivity (Wildman–Crippen MR) is 150 cm³/mol. The van der Waals surface area contributed by atoms with Crippen LogP contribution in [0.2, 0.25) is 5.02 Å². The van der Waals surface area contributed by atoms with Crippen LogP contribution < -0.4 is 0 Å². The van der Waals surface area contributed by atoms with E-state index in [2.05, 4.69) is 31.2 Å². The van der Waals surface area contributed by atoms with E-state index in [1.807, 2.05) is 24.3 Å². The predicted octanol–water partition coefficient (Wildman–Crippen LogP) is 6.86. The molecule has 1 aliphatic heterocycles. The molecule has 5 rings (SSSR count). The Morgan fingerprint density at radius 1 is 0.946 bits per heavy atom. The van der Waals surface area contributed by atoms with Gasteiger partial charge in [-0.3, -0.25) is 4.79 Å². The number of thiazole rings is 1. The van der Waals surface area contributed by atoms with Crippen LogP contribution in [-0.4, -0.2) is 43.6 Å². The van der Waals surface area contributed by atoms with Gasteiger partial charge in [-0.25, -0.2) is 13.4 Å². The highest BCUT2D eigenvalue weighted by Gasteiger charge is 2.30. The molecule has 1 amide bonds. The molecule has 190 valence electrons. The van der Waals surface area contributed by atoms with E-state index >= 15 is 0 Å². The van der Waals surface area contributed by atoms with Crippen molar-refractivity contribution in [2.75, 3.05) is 19.3 Å².